The third-order valence-electron chi connectivity index (χ3n) is 5.11. The molecule has 4 N–H and O–H groups in total. The lowest BCUT2D eigenvalue weighted by molar-refractivity contribution is -0.153. The van der Waals surface area contributed by atoms with Crippen LogP contribution in [0, 0.1) is 11.6 Å². The number of para-hydroxylation sites is 1. The summed E-state index contributed by atoms with van der Waals surface area (Å²) in [5.74, 6) is -13.1. The van der Waals surface area contributed by atoms with Crippen LogP contribution < -0.4 is 20.7 Å². The van der Waals surface area contributed by atoms with Crippen molar-refractivity contribution < 1.29 is 68.9 Å². The summed E-state index contributed by atoms with van der Waals surface area (Å²) in [5.41, 5.74) is -3.01. The van der Waals surface area contributed by atoms with E-state index in [4.69, 9.17) is 5.11 Å². The van der Waals surface area contributed by atoms with E-state index < -0.39 is 108 Å². The number of ketones is 1. The molecule has 43 heavy (non-hydrogen) atoms. The standard InChI is InChI=1S/C23H19F8N5O7/c1-9(32-19(41)20(42)36-17-10(24)3-2-4-11(17)25)18(40)33-12(5-6-16(38)39)13(37)8-43-15-7-14(22(26,27)28)34-21(35-15)23(29,30)31/h2-4,7,9,12H,5-6,8H2,1H3,(H,32,41)(H,33,40)(H,36,42)(H,38,39). The number of carboxylic acids is 1. The Morgan fingerprint density at radius 3 is 2.07 bits per heavy atom. The number of aliphatic carboxylic acids is 1. The predicted octanol–water partition coefficient (Wildman–Crippen LogP) is 2.23. The summed E-state index contributed by atoms with van der Waals surface area (Å²) < 4.78 is 110. The van der Waals surface area contributed by atoms with E-state index in [-0.39, 0.29) is 6.07 Å². The van der Waals surface area contributed by atoms with Gasteiger partial charge in [0, 0.05) is 12.5 Å². The van der Waals surface area contributed by atoms with Gasteiger partial charge >= 0.3 is 30.1 Å². The number of carboxylic acid groups (broad SMARTS) is 1. The number of carbonyl (C=O) groups is 5. The van der Waals surface area contributed by atoms with Gasteiger partial charge in [-0.15, -0.1) is 0 Å². The van der Waals surface area contributed by atoms with Gasteiger partial charge in [0.05, 0.1) is 6.04 Å². The number of alkyl halides is 6. The molecule has 0 bridgehead atoms. The Labute approximate surface area is 234 Å². The molecule has 2 rings (SSSR count). The minimum absolute atomic E-state index is 0.0246. The molecule has 1 aromatic carbocycles. The molecule has 12 nitrogen and oxygen atoms in total. The Kier molecular flexibility index (Phi) is 11.0. The van der Waals surface area contributed by atoms with Crippen molar-refractivity contribution >= 4 is 35.2 Å². The van der Waals surface area contributed by atoms with Gasteiger partial charge in [0.15, 0.2) is 18.1 Å². The number of aromatic nitrogens is 2. The van der Waals surface area contributed by atoms with Crippen LogP contribution in [-0.2, 0) is 36.3 Å². The summed E-state index contributed by atoms with van der Waals surface area (Å²) >= 11 is 0. The van der Waals surface area contributed by atoms with Crippen LogP contribution in [0.4, 0.5) is 40.8 Å². The van der Waals surface area contributed by atoms with E-state index in [0.29, 0.717) is 0 Å². The molecule has 2 aromatic rings. The van der Waals surface area contributed by atoms with Crippen molar-refractivity contribution in [3.05, 3.63) is 47.4 Å². The summed E-state index contributed by atoms with van der Waals surface area (Å²) in [6, 6.07) is -0.902. The molecule has 2 atom stereocenters. The first-order valence-corrected chi connectivity index (χ1v) is 11.6. The summed E-state index contributed by atoms with van der Waals surface area (Å²) in [5, 5.41) is 14.4. The Balaban J connectivity index is 2.12. The second-order valence-corrected chi connectivity index (χ2v) is 8.41. The molecular formula is C23H19F8N5O7. The van der Waals surface area contributed by atoms with Crippen LogP contribution in [0.3, 0.4) is 0 Å². The summed E-state index contributed by atoms with van der Waals surface area (Å²) in [6.07, 6.45) is -12.2. The molecule has 0 radical (unpaired) electrons. The number of hydrogen-bond acceptors (Lipinski definition) is 8. The maximum Gasteiger partial charge on any atom is 0.451 e. The number of nitrogens with zero attached hydrogens (tertiary/aromatic N) is 2. The van der Waals surface area contributed by atoms with Crippen molar-refractivity contribution in [2.24, 2.45) is 0 Å². The molecule has 0 fully saturated rings. The highest BCUT2D eigenvalue weighted by Gasteiger charge is 2.40. The maximum atomic E-state index is 13.7. The monoisotopic (exact) mass is 629 g/mol. The molecule has 0 spiro atoms. The van der Waals surface area contributed by atoms with Crippen molar-refractivity contribution in [2.75, 3.05) is 11.9 Å². The maximum absolute atomic E-state index is 13.7. The summed E-state index contributed by atoms with van der Waals surface area (Å²) in [7, 11) is 0. The second-order valence-electron chi connectivity index (χ2n) is 8.41. The lowest BCUT2D eigenvalue weighted by atomic mass is 10.1. The lowest BCUT2D eigenvalue weighted by Crippen LogP contribution is -2.52. The Bertz CT molecular complexity index is 1350. The largest absolute Gasteiger partial charge is 0.481 e. The Morgan fingerprint density at radius 2 is 1.53 bits per heavy atom. The quantitative estimate of drug-likeness (QED) is 0.215. The average Bonchev–Trinajstić information content (AvgIpc) is 2.90. The van der Waals surface area contributed by atoms with Crippen LogP contribution in [-0.4, -0.2) is 63.2 Å². The van der Waals surface area contributed by atoms with Crippen molar-refractivity contribution in [1.82, 2.24) is 20.6 Å². The highest BCUT2D eigenvalue weighted by Crippen LogP contribution is 2.33. The summed E-state index contributed by atoms with van der Waals surface area (Å²) in [4.78, 5) is 65.3. The highest BCUT2D eigenvalue weighted by molar-refractivity contribution is 6.40. The molecule has 0 aliphatic rings. The fraction of sp³-hybridized carbons (Fsp3) is 0.348. The van der Waals surface area contributed by atoms with E-state index >= 15 is 0 Å². The predicted molar refractivity (Wildman–Crippen MR) is 124 cm³/mol. The highest BCUT2D eigenvalue weighted by atomic mass is 19.4. The van der Waals surface area contributed by atoms with E-state index in [0.717, 1.165) is 25.1 Å². The van der Waals surface area contributed by atoms with Gasteiger partial charge in [0.25, 0.3) is 0 Å². The molecule has 2 unspecified atom stereocenters. The molecule has 0 saturated carbocycles. The van der Waals surface area contributed by atoms with E-state index in [1.165, 1.54) is 0 Å². The van der Waals surface area contributed by atoms with Gasteiger partial charge in [0.1, 0.15) is 23.4 Å². The fourth-order valence-electron chi connectivity index (χ4n) is 3.01. The number of ether oxygens (including phenoxy) is 1. The minimum Gasteiger partial charge on any atom is -0.481 e. The second kappa shape index (κ2) is 13.8. The van der Waals surface area contributed by atoms with Gasteiger partial charge < -0.3 is 25.8 Å². The zero-order chi connectivity index (χ0) is 32.7. The van der Waals surface area contributed by atoms with Crippen LogP contribution in [0.1, 0.15) is 31.3 Å². The molecule has 0 aliphatic heterocycles. The van der Waals surface area contributed by atoms with Crippen molar-refractivity contribution in [3.63, 3.8) is 0 Å². The van der Waals surface area contributed by atoms with Crippen LogP contribution in [0.5, 0.6) is 5.88 Å². The third kappa shape index (κ3) is 10.1. The Morgan fingerprint density at radius 1 is 0.930 bits per heavy atom. The van der Waals surface area contributed by atoms with E-state index in [2.05, 4.69) is 14.7 Å². The lowest BCUT2D eigenvalue weighted by Gasteiger charge is -2.20. The molecule has 0 saturated heterocycles. The SMILES string of the molecule is CC(NC(=O)C(=O)Nc1c(F)cccc1F)C(=O)NC(CCC(=O)O)C(=O)COc1cc(C(F)(F)F)nc(C(F)(F)F)n1. The van der Waals surface area contributed by atoms with Crippen LogP contribution in [0.25, 0.3) is 0 Å². The number of carbonyl (C=O) groups excluding carboxylic acids is 4. The molecule has 234 valence electrons. The zero-order valence-electron chi connectivity index (χ0n) is 21.4. The van der Waals surface area contributed by atoms with Gasteiger partial charge in [-0.25, -0.2) is 13.8 Å². The first-order valence-electron chi connectivity index (χ1n) is 11.6. The van der Waals surface area contributed by atoms with Crippen LogP contribution in [0.2, 0.25) is 0 Å². The zero-order valence-corrected chi connectivity index (χ0v) is 21.4. The third-order valence-corrected chi connectivity index (χ3v) is 5.11. The van der Waals surface area contributed by atoms with E-state index in [1.54, 1.807) is 5.32 Å². The normalized spacial score (nSPS) is 13.0. The number of Topliss-reactive ketones (excluding diaryl/α,β-unsaturated/α-hetero) is 1. The number of nitrogens with one attached hydrogen (secondary N) is 3. The van der Waals surface area contributed by atoms with Gasteiger partial charge in [-0.3, -0.25) is 24.0 Å². The van der Waals surface area contributed by atoms with Gasteiger partial charge in [-0.1, -0.05) is 6.07 Å². The van der Waals surface area contributed by atoms with Crippen molar-refractivity contribution in [2.45, 2.75) is 44.2 Å². The topological polar surface area (TPSA) is 177 Å². The molecular weight excluding hydrogens is 610 g/mol. The minimum atomic E-state index is -5.43. The number of benzene rings is 1. The fourth-order valence-corrected chi connectivity index (χ4v) is 3.01. The number of anilines is 1. The number of rotatable bonds is 11. The van der Waals surface area contributed by atoms with Crippen molar-refractivity contribution in [3.8, 4) is 5.88 Å². The van der Waals surface area contributed by atoms with Gasteiger partial charge in [0.2, 0.25) is 17.6 Å². The van der Waals surface area contributed by atoms with Gasteiger partial charge in [-0.05, 0) is 25.5 Å². The number of amides is 3. The molecule has 1 heterocycles. The average molecular weight is 629 g/mol. The van der Waals surface area contributed by atoms with E-state index in [9.17, 15) is 59.1 Å². The van der Waals surface area contributed by atoms with E-state index in [1.807, 2.05) is 10.6 Å². The number of hydrogen-bond donors (Lipinski definition) is 4. The molecule has 0 aliphatic carbocycles. The van der Waals surface area contributed by atoms with Crippen LogP contribution >= 0.6 is 0 Å². The summed E-state index contributed by atoms with van der Waals surface area (Å²) in [6.45, 7) is -0.314. The Hall–Kier alpha value is -4.91. The molecule has 3 amide bonds. The number of halogens is 8. The molecule has 1 aromatic heterocycles. The van der Waals surface area contributed by atoms with Crippen molar-refractivity contribution in [1.29, 1.82) is 0 Å². The smallest absolute Gasteiger partial charge is 0.451 e. The van der Waals surface area contributed by atoms with Crippen LogP contribution in [0.15, 0.2) is 24.3 Å². The van der Waals surface area contributed by atoms with Gasteiger partial charge in [-0.2, -0.15) is 31.3 Å². The first kappa shape index (κ1) is 34.3. The first-order chi connectivity index (χ1) is 19.8. The molecule has 20 heteroatoms.